The van der Waals surface area contributed by atoms with Gasteiger partial charge in [-0.25, -0.2) is 9.78 Å². The second-order valence-corrected chi connectivity index (χ2v) is 6.99. The predicted molar refractivity (Wildman–Crippen MR) is 104 cm³/mol. The monoisotopic (exact) mass is 368 g/mol. The molecule has 3 rings (SSSR count). The molecule has 2 aromatic carbocycles. The highest BCUT2D eigenvalue weighted by Crippen LogP contribution is 2.27. The second-order valence-electron chi connectivity index (χ2n) is 5.96. The number of ether oxygens (including phenoxy) is 1. The van der Waals surface area contributed by atoms with Gasteiger partial charge in [-0.15, -0.1) is 0 Å². The molecule has 3 aromatic rings. The molecule has 0 bridgehead atoms. The number of amides is 1. The first kappa shape index (κ1) is 18.1. The Hall–Kier alpha value is -2.73. The predicted octanol–water partition coefficient (Wildman–Crippen LogP) is 4.81. The second kappa shape index (κ2) is 8.10. The number of fused-ring (bicyclic) bond motifs is 1. The van der Waals surface area contributed by atoms with E-state index in [-0.39, 0.29) is 11.9 Å². The Balaban J connectivity index is 1.76. The molecule has 0 radical (unpaired) electrons. The van der Waals surface area contributed by atoms with Crippen molar-refractivity contribution in [3.8, 4) is 0 Å². The number of benzene rings is 2. The summed E-state index contributed by atoms with van der Waals surface area (Å²) in [4.78, 5) is 28.9. The number of nitrogens with zero attached hydrogens (tertiary/aromatic N) is 1. The molecule has 0 spiro atoms. The van der Waals surface area contributed by atoms with Crippen LogP contribution >= 0.6 is 11.3 Å². The molecule has 0 saturated carbocycles. The topological polar surface area (TPSA) is 68.3 Å². The van der Waals surface area contributed by atoms with E-state index in [1.165, 1.54) is 11.3 Å². The van der Waals surface area contributed by atoms with Crippen molar-refractivity contribution in [1.29, 1.82) is 0 Å². The van der Waals surface area contributed by atoms with Crippen LogP contribution in [0.1, 0.15) is 46.0 Å². The van der Waals surface area contributed by atoms with Gasteiger partial charge in [0.15, 0.2) is 5.13 Å². The molecule has 1 aromatic heterocycles. The van der Waals surface area contributed by atoms with Crippen LogP contribution in [0.3, 0.4) is 0 Å². The van der Waals surface area contributed by atoms with Crippen LogP contribution in [-0.4, -0.2) is 23.5 Å². The van der Waals surface area contributed by atoms with Crippen LogP contribution in [0.4, 0.5) is 5.13 Å². The lowest BCUT2D eigenvalue weighted by molar-refractivity contribution is 0.0500. The first-order valence-corrected chi connectivity index (χ1v) is 9.35. The van der Waals surface area contributed by atoms with Gasteiger partial charge in [-0.3, -0.25) is 10.1 Å². The van der Waals surface area contributed by atoms with Crippen LogP contribution in [0.25, 0.3) is 10.2 Å². The lowest BCUT2D eigenvalue weighted by Gasteiger charge is -2.04. The number of anilines is 1. The summed E-state index contributed by atoms with van der Waals surface area (Å²) in [5, 5.41) is 3.34. The van der Waals surface area contributed by atoms with Gasteiger partial charge in [0.25, 0.3) is 5.91 Å². The van der Waals surface area contributed by atoms with E-state index in [1.54, 1.807) is 24.3 Å². The molecule has 0 atom stereocenters. The molecular weight excluding hydrogens is 348 g/mol. The lowest BCUT2D eigenvalue weighted by atomic mass is 10.1. The van der Waals surface area contributed by atoms with E-state index in [4.69, 9.17) is 4.74 Å². The van der Waals surface area contributed by atoms with Gasteiger partial charge in [-0.2, -0.15) is 0 Å². The average Bonchev–Trinajstić information content (AvgIpc) is 3.03. The van der Waals surface area contributed by atoms with Crippen molar-refractivity contribution >= 4 is 38.6 Å². The number of aromatic nitrogens is 1. The maximum absolute atomic E-state index is 12.4. The highest BCUT2D eigenvalue weighted by Gasteiger charge is 2.13. The molecular formula is C20H20N2O3S. The number of esters is 1. The molecule has 6 heteroatoms. The fourth-order valence-corrected chi connectivity index (χ4v) is 3.39. The van der Waals surface area contributed by atoms with Crippen molar-refractivity contribution in [2.45, 2.75) is 26.7 Å². The van der Waals surface area contributed by atoms with Crippen molar-refractivity contribution in [3.05, 3.63) is 59.2 Å². The van der Waals surface area contributed by atoms with Gasteiger partial charge < -0.3 is 4.74 Å². The number of hydrogen-bond donors (Lipinski definition) is 1. The van der Waals surface area contributed by atoms with Crippen molar-refractivity contribution in [2.75, 3.05) is 11.9 Å². The molecule has 134 valence electrons. The summed E-state index contributed by atoms with van der Waals surface area (Å²) < 4.78 is 6.06. The quantitative estimate of drug-likeness (QED) is 0.500. The van der Waals surface area contributed by atoms with E-state index in [0.717, 1.165) is 28.6 Å². The SMILES string of the molecule is CCCCOC(=O)c1ccc2nc(NC(=O)c3ccccc3C)sc2c1. The Morgan fingerprint density at radius 3 is 2.77 bits per heavy atom. The number of nitrogens with one attached hydrogen (secondary N) is 1. The maximum Gasteiger partial charge on any atom is 0.338 e. The van der Waals surface area contributed by atoms with Crippen molar-refractivity contribution in [1.82, 2.24) is 4.98 Å². The summed E-state index contributed by atoms with van der Waals surface area (Å²) in [5.41, 5.74) is 2.75. The van der Waals surface area contributed by atoms with E-state index in [1.807, 2.05) is 32.0 Å². The molecule has 1 amide bonds. The van der Waals surface area contributed by atoms with Gasteiger partial charge in [0.1, 0.15) is 0 Å². The smallest absolute Gasteiger partial charge is 0.338 e. The summed E-state index contributed by atoms with van der Waals surface area (Å²) in [5.74, 6) is -0.527. The van der Waals surface area contributed by atoms with Crippen LogP contribution < -0.4 is 5.32 Å². The number of hydrogen-bond acceptors (Lipinski definition) is 5. The molecule has 1 N–H and O–H groups in total. The molecule has 1 heterocycles. The summed E-state index contributed by atoms with van der Waals surface area (Å²) >= 11 is 1.34. The molecule has 0 aliphatic heterocycles. The summed E-state index contributed by atoms with van der Waals surface area (Å²) in [7, 11) is 0. The molecule has 0 unspecified atom stereocenters. The van der Waals surface area contributed by atoms with Gasteiger partial charge in [0, 0.05) is 5.56 Å². The number of aryl methyl sites for hydroxylation is 1. The Morgan fingerprint density at radius 2 is 2.00 bits per heavy atom. The Bertz CT molecular complexity index is 949. The third-order valence-corrected chi connectivity index (χ3v) is 4.90. The largest absolute Gasteiger partial charge is 0.462 e. The molecule has 0 aliphatic carbocycles. The third kappa shape index (κ3) is 4.08. The molecule has 5 nitrogen and oxygen atoms in total. The number of thiazole rings is 1. The number of rotatable bonds is 6. The molecule has 0 fully saturated rings. The number of carbonyl (C=O) groups excluding carboxylic acids is 2. The average molecular weight is 368 g/mol. The van der Waals surface area contributed by atoms with E-state index >= 15 is 0 Å². The lowest BCUT2D eigenvalue weighted by Crippen LogP contribution is -2.12. The fourth-order valence-electron chi connectivity index (χ4n) is 2.49. The highest BCUT2D eigenvalue weighted by atomic mass is 32.1. The van der Waals surface area contributed by atoms with E-state index in [2.05, 4.69) is 10.3 Å². The molecule has 0 aliphatic rings. The van der Waals surface area contributed by atoms with Crippen LogP contribution in [0.2, 0.25) is 0 Å². The van der Waals surface area contributed by atoms with Gasteiger partial charge in [0.05, 0.1) is 22.4 Å². The Morgan fingerprint density at radius 1 is 1.19 bits per heavy atom. The first-order valence-electron chi connectivity index (χ1n) is 8.53. The summed E-state index contributed by atoms with van der Waals surface area (Å²) in [6.07, 6.45) is 1.83. The minimum absolute atomic E-state index is 0.193. The maximum atomic E-state index is 12.4. The Kier molecular flexibility index (Phi) is 5.63. The zero-order chi connectivity index (χ0) is 18.5. The van der Waals surface area contributed by atoms with Gasteiger partial charge in [-0.05, 0) is 43.2 Å². The molecule has 0 saturated heterocycles. The van der Waals surface area contributed by atoms with Crippen LogP contribution in [-0.2, 0) is 4.74 Å². The Labute approximate surface area is 156 Å². The van der Waals surface area contributed by atoms with E-state index < -0.39 is 0 Å². The van der Waals surface area contributed by atoms with Crippen LogP contribution in [0.5, 0.6) is 0 Å². The van der Waals surface area contributed by atoms with Crippen molar-refractivity contribution in [3.63, 3.8) is 0 Å². The number of carbonyl (C=O) groups is 2. The first-order chi connectivity index (χ1) is 12.6. The minimum atomic E-state index is -0.334. The van der Waals surface area contributed by atoms with Gasteiger partial charge in [0.2, 0.25) is 0 Å². The molecule has 26 heavy (non-hydrogen) atoms. The normalized spacial score (nSPS) is 10.7. The highest BCUT2D eigenvalue weighted by molar-refractivity contribution is 7.22. The standard InChI is InChI=1S/C20H20N2O3S/c1-3-4-11-25-19(24)14-9-10-16-17(12-14)26-20(21-16)22-18(23)15-8-6-5-7-13(15)2/h5-10,12H,3-4,11H2,1-2H3,(H,21,22,23). The summed E-state index contributed by atoms with van der Waals surface area (Å²) in [6.45, 7) is 4.36. The van der Waals surface area contributed by atoms with Crippen LogP contribution in [0, 0.1) is 6.92 Å². The van der Waals surface area contributed by atoms with E-state index in [9.17, 15) is 9.59 Å². The van der Waals surface area contributed by atoms with E-state index in [0.29, 0.717) is 22.9 Å². The zero-order valence-corrected chi connectivity index (χ0v) is 15.6. The van der Waals surface area contributed by atoms with Gasteiger partial charge >= 0.3 is 5.97 Å². The number of unbranched alkanes of at least 4 members (excludes halogenated alkanes) is 1. The van der Waals surface area contributed by atoms with Gasteiger partial charge in [-0.1, -0.05) is 42.9 Å². The zero-order valence-electron chi connectivity index (χ0n) is 14.7. The summed E-state index contributed by atoms with van der Waals surface area (Å²) in [6, 6.07) is 12.6. The van der Waals surface area contributed by atoms with Crippen molar-refractivity contribution < 1.29 is 14.3 Å². The third-order valence-electron chi connectivity index (χ3n) is 3.97. The van der Waals surface area contributed by atoms with Crippen LogP contribution in [0.15, 0.2) is 42.5 Å². The minimum Gasteiger partial charge on any atom is -0.462 e. The fraction of sp³-hybridized carbons (Fsp3) is 0.250. The van der Waals surface area contributed by atoms with Crippen molar-refractivity contribution in [2.24, 2.45) is 0 Å².